The molecule has 1 saturated carbocycles. The van der Waals surface area contributed by atoms with Crippen LogP contribution in [-0.4, -0.2) is 21.5 Å². The molecule has 3 aromatic heterocycles. The molecule has 4 aromatic rings. The van der Waals surface area contributed by atoms with E-state index in [4.69, 9.17) is 16.3 Å². The molecular weight excluding hydrogens is 538 g/mol. The van der Waals surface area contributed by atoms with Gasteiger partial charge in [0.15, 0.2) is 5.69 Å². The minimum Gasteiger partial charge on any atom is -0.481 e. The number of rotatable bonds is 5. The summed E-state index contributed by atoms with van der Waals surface area (Å²) in [5.74, 6) is 5.21. The number of nitrogens with zero attached hydrogens (tertiary/aromatic N) is 2. The number of carbonyl (C=O) groups excluding carboxylic acids is 1. The Morgan fingerprint density at radius 2 is 2.03 bits per heavy atom. The maximum absolute atomic E-state index is 12.6. The van der Waals surface area contributed by atoms with Crippen LogP contribution in [0.3, 0.4) is 0 Å². The second-order valence-corrected chi connectivity index (χ2v) is 11.7. The van der Waals surface area contributed by atoms with E-state index in [1.165, 1.54) is 22.7 Å². The Morgan fingerprint density at radius 3 is 2.69 bits per heavy atom. The third kappa shape index (κ3) is 4.57. The molecule has 1 aliphatic carbocycles. The van der Waals surface area contributed by atoms with E-state index < -0.39 is 23.6 Å². The Labute approximate surface area is 223 Å². The van der Waals surface area contributed by atoms with Crippen molar-refractivity contribution in [2.45, 2.75) is 31.3 Å². The number of carboxylic acid groups (broad SMARTS) is 1. The van der Waals surface area contributed by atoms with Gasteiger partial charge in [-0.3, -0.25) is 10.1 Å². The number of anilines is 1. The van der Waals surface area contributed by atoms with Gasteiger partial charge in [-0.15, -0.1) is 22.7 Å². The third-order valence-electron chi connectivity index (χ3n) is 5.80. The number of hydrogen-bond acceptors (Lipinski definition) is 8. The van der Waals surface area contributed by atoms with Gasteiger partial charge in [0.2, 0.25) is 0 Å². The maximum Gasteiger partial charge on any atom is 0.412 e. The number of thiophene rings is 2. The standard InChI is InChI=1S/C25H16ClN3O4S3/c1-13(16-4-2-3-5-17(16)26)33-24(32)28-21-18(29-36-19(21)12-27)7-6-15-10-14-11-20(35-22(14)34-15)25(8-9-25)23(30)31/h2-5,10-11,13H,8-9H2,1H3,(H,28,32)(H,30,31). The molecule has 1 fully saturated rings. The van der Waals surface area contributed by atoms with Gasteiger partial charge in [-0.25, -0.2) is 4.79 Å². The summed E-state index contributed by atoms with van der Waals surface area (Å²) in [6.07, 6.45) is -0.0177. The van der Waals surface area contributed by atoms with Crippen molar-refractivity contribution in [2.24, 2.45) is 0 Å². The lowest BCUT2D eigenvalue weighted by Crippen LogP contribution is -2.17. The number of carbonyl (C=O) groups is 2. The molecular formula is C25H16ClN3O4S3. The van der Waals surface area contributed by atoms with Gasteiger partial charge in [-0.05, 0) is 61.3 Å². The van der Waals surface area contributed by atoms with E-state index in [1.807, 2.05) is 18.2 Å². The molecule has 11 heteroatoms. The molecule has 0 spiro atoms. The van der Waals surface area contributed by atoms with E-state index >= 15 is 0 Å². The number of aromatic nitrogens is 1. The van der Waals surface area contributed by atoms with Crippen LogP contribution >= 0.6 is 45.8 Å². The fourth-order valence-electron chi connectivity index (χ4n) is 3.68. The van der Waals surface area contributed by atoms with Crippen LogP contribution in [-0.2, 0) is 14.9 Å². The number of halogens is 1. The quantitative estimate of drug-likeness (QED) is 0.264. The Morgan fingerprint density at radius 1 is 1.25 bits per heavy atom. The summed E-state index contributed by atoms with van der Waals surface area (Å²) >= 11 is 10.1. The van der Waals surface area contributed by atoms with Gasteiger partial charge in [-0.2, -0.15) is 9.64 Å². The summed E-state index contributed by atoms with van der Waals surface area (Å²) in [7, 11) is 0. The van der Waals surface area contributed by atoms with Gasteiger partial charge >= 0.3 is 12.1 Å². The predicted octanol–water partition coefficient (Wildman–Crippen LogP) is 6.77. The molecule has 5 rings (SSSR count). The maximum atomic E-state index is 12.6. The van der Waals surface area contributed by atoms with Crippen LogP contribution in [0.15, 0.2) is 36.4 Å². The van der Waals surface area contributed by atoms with E-state index in [2.05, 4.69) is 21.5 Å². The van der Waals surface area contributed by atoms with Crippen LogP contribution in [0.2, 0.25) is 5.02 Å². The van der Waals surface area contributed by atoms with Crippen LogP contribution < -0.4 is 5.32 Å². The topological polar surface area (TPSA) is 112 Å². The normalized spacial score (nSPS) is 14.4. The smallest absolute Gasteiger partial charge is 0.412 e. The number of ether oxygens (including phenoxy) is 1. The Bertz CT molecular complexity index is 1580. The van der Waals surface area contributed by atoms with Crippen molar-refractivity contribution in [2.75, 3.05) is 5.32 Å². The first kappa shape index (κ1) is 24.3. The summed E-state index contributed by atoms with van der Waals surface area (Å²) < 4.78 is 10.7. The zero-order valence-electron chi connectivity index (χ0n) is 18.6. The van der Waals surface area contributed by atoms with Crippen molar-refractivity contribution in [3.63, 3.8) is 0 Å². The van der Waals surface area contributed by atoms with E-state index in [1.54, 1.807) is 31.2 Å². The predicted molar refractivity (Wildman–Crippen MR) is 141 cm³/mol. The number of fused-ring (bicyclic) bond motifs is 1. The first-order valence-electron chi connectivity index (χ1n) is 10.7. The minimum absolute atomic E-state index is 0.198. The lowest BCUT2D eigenvalue weighted by Gasteiger charge is -2.15. The molecule has 180 valence electrons. The lowest BCUT2D eigenvalue weighted by molar-refractivity contribution is -0.139. The van der Waals surface area contributed by atoms with Gasteiger partial charge in [0.05, 0.1) is 8.89 Å². The average Bonchev–Trinajstić information content (AvgIpc) is 3.23. The van der Waals surface area contributed by atoms with Gasteiger partial charge < -0.3 is 9.84 Å². The lowest BCUT2D eigenvalue weighted by atomic mass is 10.1. The molecule has 1 amide bonds. The van der Waals surface area contributed by atoms with Gasteiger partial charge in [-0.1, -0.05) is 29.8 Å². The minimum atomic E-state index is -0.770. The molecule has 0 saturated heterocycles. The average molecular weight is 554 g/mol. The largest absolute Gasteiger partial charge is 0.481 e. The van der Waals surface area contributed by atoms with Crippen molar-refractivity contribution in [1.82, 2.24) is 4.37 Å². The molecule has 36 heavy (non-hydrogen) atoms. The summed E-state index contributed by atoms with van der Waals surface area (Å²) in [6.45, 7) is 1.70. The monoisotopic (exact) mass is 553 g/mol. The number of amides is 1. The van der Waals surface area contributed by atoms with Crippen molar-refractivity contribution in [3.8, 4) is 17.9 Å². The molecule has 0 aliphatic heterocycles. The first-order valence-corrected chi connectivity index (χ1v) is 13.5. The molecule has 0 bridgehead atoms. The molecule has 1 aliphatic rings. The highest BCUT2D eigenvalue weighted by atomic mass is 35.5. The van der Waals surface area contributed by atoms with Gasteiger partial charge in [0.25, 0.3) is 0 Å². The molecule has 0 radical (unpaired) electrons. The zero-order chi connectivity index (χ0) is 25.4. The van der Waals surface area contributed by atoms with E-state index in [9.17, 15) is 20.0 Å². The van der Waals surface area contributed by atoms with Crippen molar-refractivity contribution in [1.29, 1.82) is 5.26 Å². The second-order valence-electron chi connectivity index (χ2n) is 8.14. The Kier molecular flexibility index (Phi) is 6.45. The zero-order valence-corrected chi connectivity index (χ0v) is 21.8. The first-order chi connectivity index (χ1) is 17.3. The van der Waals surface area contributed by atoms with Gasteiger partial charge in [0, 0.05) is 20.8 Å². The SMILES string of the molecule is CC(OC(=O)Nc1c(C#Cc2cc3cc(C4(C(=O)O)CC4)sc3s2)nsc1C#N)c1ccccc1Cl. The molecule has 1 atom stereocenters. The molecule has 1 aromatic carbocycles. The van der Waals surface area contributed by atoms with E-state index in [0.29, 0.717) is 23.4 Å². The third-order valence-corrected chi connectivity index (χ3v) is 9.40. The molecule has 1 unspecified atom stereocenters. The second kappa shape index (κ2) is 9.57. The Balaban J connectivity index is 1.33. The van der Waals surface area contributed by atoms with Crippen LogP contribution in [0.25, 0.3) is 9.40 Å². The van der Waals surface area contributed by atoms with E-state index in [0.717, 1.165) is 30.7 Å². The molecule has 7 nitrogen and oxygen atoms in total. The van der Waals surface area contributed by atoms with Crippen molar-refractivity contribution >= 4 is 73.0 Å². The van der Waals surface area contributed by atoms with Crippen LogP contribution in [0.5, 0.6) is 0 Å². The number of nitrogens with one attached hydrogen (secondary N) is 1. The number of aliphatic carboxylic acids is 1. The summed E-state index contributed by atoms with van der Waals surface area (Å²) in [5.41, 5.74) is 0.403. The van der Waals surface area contributed by atoms with Gasteiger partial charge in [0.1, 0.15) is 28.2 Å². The summed E-state index contributed by atoms with van der Waals surface area (Å²) in [6, 6.07) is 12.9. The summed E-state index contributed by atoms with van der Waals surface area (Å²) in [5, 5.41) is 23.0. The highest BCUT2D eigenvalue weighted by molar-refractivity contribution is 7.38. The highest BCUT2D eigenvalue weighted by Gasteiger charge is 2.53. The highest BCUT2D eigenvalue weighted by Crippen LogP contribution is 2.52. The number of benzene rings is 1. The molecule has 2 N–H and O–H groups in total. The fourth-order valence-corrected chi connectivity index (χ4v) is 7.10. The van der Waals surface area contributed by atoms with Crippen molar-refractivity contribution in [3.05, 3.63) is 67.3 Å². The summed E-state index contributed by atoms with van der Waals surface area (Å²) in [4.78, 5) is 26.0. The fraction of sp³-hybridized carbons (Fsp3) is 0.200. The van der Waals surface area contributed by atoms with Crippen LogP contribution in [0.4, 0.5) is 10.5 Å². The van der Waals surface area contributed by atoms with E-state index in [-0.39, 0.29) is 16.3 Å². The Hall–Kier alpha value is -3.41. The number of hydrogen-bond donors (Lipinski definition) is 2. The molecule has 3 heterocycles. The van der Waals surface area contributed by atoms with Crippen LogP contribution in [0, 0.1) is 23.2 Å². The van der Waals surface area contributed by atoms with Crippen LogP contribution in [0.1, 0.15) is 51.8 Å². The van der Waals surface area contributed by atoms with Crippen molar-refractivity contribution < 1.29 is 19.4 Å². The number of nitriles is 1. The number of carboxylic acids is 1.